The topological polar surface area (TPSA) is 71.1 Å². The van der Waals surface area contributed by atoms with Gasteiger partial charge in [-0.25, -0.2) is 0 Å². The summed E-state index contributed by atoms with van der Waals surface area (Å²) in [6.45, 7) is 0.315. The van der Waals surface area contributed by atoms with Crippen LogP contribution in [0.1, 0.15) is 10.4 Å². The molecule has 0 aliphatic heterocycles. The number of hydrogen-bond donors (Lipinski definition) is 2. The fourth-order valence-electron chi connectivity index (χ4n) is 1.02. The first kappa shape index (κ1) is 20.5. The van der Waals surface area contributed by atoms with Crippen molar-refractivity contribution in [2.45, 2.75) is 6.18 Å². The van der Waals surface area contributed by atoms with E-state index in [4.69, 9.17) is 23.2 Å². The zero-order chi connectivity index (χ0) is 17.0. The first-order chi connectivity index (χ1) is 10.3. The number of amides is 2. The van der Waals surface area contributed by atoms with Crippen molar-refractivity contribution >= 4 is 35.0 Å². The summed E-state index contributed by atoms with van der Waals surface area (Å²) in [5, 5.41) is 4.21. The van der Waals surface area contributed by atoms with Crippen LogP contribution in [0.2, 0.25) is 0 Å². The van der Waals surface area contributed by atoms with Crippen LogP contribution in [0.4, 0.5) is 13.2 Å². The van der Waals surface area contributed by atoms with Gasteiger partial charge >= 0.3 is 12.1 Å². The molecule has 0 unspecified atom stereocenters. The van der Waals surface area contributed by atoms with Crippen molar-refractivity contribution in [3.05, 3.63) is 30.1 Å². The van der Waals surface area contributed by atoms with Crippen LogP contribution in [0, 0.1) is 0 Å². The zero-order valence-corrected chi connectivity index (χ0v) is 12.8. The molecule has 0 aliphatic carbocycles. The van der Waals surface area contributed by atoms with E-state index in [1.165, 1.54) is 6.20 Å². The van der Waals surface area contributed by atoms with Crippen LogP contribution in [0.5, 0.6) is 0 Å². The predicted molar refractivity (Wildman–Crippen MR) is 77.1 cm³/mol. The van der Waals surface area contributed by atoms with E-state index in [-0.39, 0.29) is 18.3 Å². The monoisotopic (exact) mass is 359 g/mol. The van der Waals surface area contributed by atoms with E-state index < -0.39 is 12.1 Å². The highest BCUT2D eigenvalue weighted by Gasteiger charge is 2.37. The quantitative estimate of drug-likeness (QED) is 0.789. The Labute approximate surface area is 135 Å². The zero-order valence-electron chi connectivity index (χ0n) is 11.3. The second kappa shape index (κ2) is 11.1. The molecule has 0 bridgehead atoms. The SMILES string of the molecule is O=C(NCCCl)C(F)(F)F.O=C(NCCCl)c1cccnc1. The van der Waals surface area contributed by atoms with Gasteiger partial charge in [0, 0.05) is 37.2 Å². The molecule has 1 rings (SSSR count). The molecule has 0 radical (unpaired) electrons. The molecule has 0 saturated heterocycles. The number of nitrogens with one attached hydrogen (secondary N) is 2. The van der Waals surface area contributed by atoms with Crippen LogP contribution in [-0.2, 0) is 4.79 Å². The average molecular weight is 360 g/mol. The van der Waals surface area contributed by atoms with Crippen molar-refractivity contribution in [2.24, 2.45) is 0 Å². The second-order valence-corrected chi connectivity index (χ2v) is 4.39. The lowest BCUT2D eigenvalue weighted by Gasteiger charge is -2.04. The highest BCUT2D eigenvalue weighted by molar-refractivity contribution is 6.18. The van der Waals surface area contributed by atoms with Crippen LogP contribution >= 0.6 is 23.2 Å². The number of rotatable bonds is 5. The summed E-state index contributed by atoms with van der Waals surface area (Å²) in [6.07, 6.45) is -1.66. The Morgan fingerprint density at radius 3 is 2.18 bits per heavy atom. The number of carbonyl (C=O) groups excluding carboxylic acids is 2. The van der Waals surface area contributed by atoms with E-state index in [0.29, 0.717) is 18.0 Å². The molecule has 0 aromatic carbocycles. The van der Waals surface area contributed by atoms with Gasteiger partial charge in [0.15, 0.2) is 0 Å². The third kappa shape index (κ3) is 9.41. The van der Waals surface area contributed by atoms with Crippen LogP contribution in [-0.4, -0.2) is 47.8 Å². The summed E-state index contributed by atoms with van der Waals surface area (Å²) in [5.41, 5.74) is 0.558. The van der Waals surface area contributed by atoms with Gasteiger partial charge in [0.05, 0.1) is 5.56 Å². The van der Waals surface area contributed by atoms with Gasteiger partial charge in [0.25, 0.3) is 5.91 Å². The molecule has 0 fully saturated rings. The fraction of sp³-hybridized carbons (Fsp3) is 0.417. The average Bonchev–Trinajstić information content (AvgIpc) is 2.50. The molecule has 0 atom stereocenters. The smallest absolute Gasteiger partial charge is 0.351 e. The highest BCUT2D eigenvalue weighted by atomic mass is 35.5. The Kier molecular flexibility index (Phi) is 10.3. The molecule has 1 aromatic rings. The molecular weight excluding hydrogens is 346 g/mol. The lowest BCUT2D eigenvalue weighted by atomic mass is 10.3. The van der Waals surface area contributed by atoms with Crippen molar-refractivity contribution in [1.29, 1.82) is 0 Å². The number of pyridine rings is 1. The van der Waals surface area contributed by atoms with E-state index in [0.717, 1.165) is 0 Å². The molecule has 0 saturated carbocycles. The molecule has 22 heavy (non-hydrogen) atoms. The third-order valence-electron chi connectivity index (χ3n) is 1.94. The van der Waals surface area contributed by atoms with Crippen molar-refractivity contribution < 1.29 is 22.8 Å². The van der Waals surface area contributed by atoms with Crippen LogP contribution in [0.25, 0.3) is 0 Å². The Bertz CT molecular complexity index is 459. The molecule has 0 aliphatic rings. The number of alkyl halides is 5. The minimum Gasteiger partial charge on any atom is -0.351 e. The fourth-order valence-corrected chi connectivity index (χ4v) is 1.21. The van der Waals surface area contributed by atoms with Gasteiger partial charge < -0.3 is 10.6 Å². The second-order valence-electron chi connectivity index (χ2n) is 3.63. The first-order valence-electron chi connectivity index (χ1n) is 5.98. The number of nitrogens with zero attached hydrogens (tertiary/aromatic N) is 1. The Morgan fingerprint density at radius 2 is 1.73 bits per heavy atom. The number of halogens is 5. The van der Waals surface area contributed by atoms with Gasteiger partial charge in [-0.2, -0.15) is 13.2 Å². The van der Waals surface area contributed by atoms with E-state index in [1.54, 1.807) is 23.6 Å². The molecule has 2 N–H and O–H groups in total. The number of aromatic nitrogens is 1. The number of carbonyl (C=O) groups is 2. The Hall–Kier alpha value is -1.54. The van der Waals surface area contributed by atoms with Crippen LogP contribution < -0.4 is 10.6 Å². The van der Waals surface area contributed by atoms with Crippen molar-refractivity contribution in [1.82, 2.24) is 15.6 Å². The summed E-state index contributed by atoms with van der Waals surface area (Å²) in [5.74, 6) is -1.69. The van der Waals surface area contributed by atoms with Gasteiger partial charge in [-0.15, -0.1) is 23.2 Å². The molecule has 2 amide bonds. The summed E-state index contributed by atoms with van der Waals surface area (Å²) >= 11 is 10.4. The summed E-state index contributed by atoms with van der Waals surface area (Å²) in [7, 11) is 0. The largest absolute Gasteiger partial charge is 0.471 e. The molecule has 5 nitrogen and oxygen atoms in total. The summed E-state index contributed by atoms with van der Waals surface area (Å²) < 4.78 is 34.0. The maximum atomic E-state index is 11.3. The number of hydrogen-bond acceptors (Lipinski definition) is 3. The van der Waals surface area contributed by atoms with E-state index in [1.807, 2.05) is 0 Å². The van der Waals surface area contributed by atoms with Gasteiger partial charge in [0.1, 0.15) is 0 Å². The molecule has 1 aromatic heterocycles. The van der Waals surface area contributed by atoms with Gasteiger partial charge in [-0.05, 0) is 12.1 Å². The van der Waals surface area contributed by atoms with Gasteiger partial charge in [-0.1, -0.05) is 0 Å². The minimum absolute atomic E-state index is 0.0260. The summed E-state index contributed by atoms with van der Waals surface area (Å²) in [6, 6.07) is 3.42. The molecule has 0 spiro atoms. The van der Waals surface area contributed by atoms with Crippen LogP contribution in [0.3, 0.4) is 0 Å². The summed E-state index contributed by atoms with van der Waals surface area (Å²) in [4.78, 5) is 24.9. The van der Waals surface area contributed by atoms with E-state index in [9.17, 15) is 22.8 Å². The van der Waals surface area contributed by atoms with Gasteiger partial charge in [0.2, 0.25) is 0 Å². The predicted octanol–water partition coefficient (Wildman–Crippen LogP) is 1.95. The van der Waals surface area contributed by atoms with Crippen molar-refractivity contribution in [3.63, 3.8) is 0 Å². The molecule has 10 heteroatoms. The first-order valence-corrected chi connectivity index (χ1v) is 7.05. The lowest BCUT2D eigenvalue weighted by molar-refractivity contribution is -0.173. The minimum atomic E-state index is -4.80. The molecule has 124 valence electrons. The maximum absolute atomic E-state index is 11.3. The standard InChI is InChI=1S/C8H9ClN2O.C4H5ClF3NO/c9-3-5-11-8(12)7-2-1-4-10-6-7;5-1-2-9-3(10)4(6,7)8/h1-2,4,6H,3,5H2,(H,11,12);1-2H2,(H,9,10). The third-order valence-corrected chi connectivity index (χ3v) is 2.32. The Morgan fingerprint density at radius 1 is 1.14 bits per heavy atom. The van der Waals surface area contributed by atoms with E-state index >= 15 is 0 Å². The Balaban J connectivity index is 0.000000409. The van der Waals surface area contributed by atoms with Crippen molar-refractivity contribution in [3.8, 4) is 0 Å². The normalized spacial score (nSPS) is 10.2. The van der Waals surface area contributed by atoms with Crippen LogP contribution in [0.15, 0.2) is 24.5 Å². The van der Waals surface area contributed by atoms with Crippen molar-refractivity contribution in [2.75, 3.05) is 24.8 Å². The van der Waals surface area contributed by atoms with E-state index in [2.05, 4.69) is 10.3 Å². The highest BCUT2D eigenvalue weighted by Crippen LogP contribution is 2.13. The molecular formula is C12H14Cl2F3N3O2. The maximum Gasteiger partial charge on any atom is 0.471 e. The molecule has 1 heterocycles. The van der Waals surface area contributed by atoms with Gasteiger partial charge in [-0.3, -0.25) is 14.6 Å². The lowest BCUT2D eigenvalue weighted by Crippen LogP contribution is -2.37.